The van der Waals surface area contributed by atoms with Crippen molar-refractivity contribution in [1.82, 2.24) is 5.32 Å². The number of rotatable bonds is 11. The molecule has 0 aliphatic heterocycles. The first-order valence-corrected chi connectivity index (χ1v) is 8.13. The predicted octanol–water partition coefficient (Wildman–Crippen LogP) is 3.33. The van der Waals surface area contributed by atoms with Crippen molar-refractivity contribution in [3.05, 3.63) is 35.9 Å². The first kappa shape index (κ1) is 18.1. The molecule has 1 atom stereocenters. The maximum absolute atomic E-state index is 9.92. The molecular formula is C18H31NO2. The normalized spacial score (nSPS) is 14.3. The number of hydrogen-bond donors (Lipinski definition) is 2. The van der Waals surface area contributed by atoms with Crippen molar-refractivity contribution in [3.63, 3.8) is 0 Å². The third-order valence-electron chi connectivity index (χ3n) is 3.85. The van der Waals surface area contributed by atoms with Gasteiger partial charge in [0.05, 0.1) is 12.1 Å². The quantitative estimate of drug-likeness (QED) is 0.615. The Hall–Kier alpha value is -0.900. The van der Waals surface area contributed by atoms with Gasteiger partial charge in [0.15, 0.2) is 0 Å². The lowest BCUT2D eigenvalue weighted by Crippen LogP contribution is -2.46. The molecular weight excluding hydrogens is 262 g/mol. The number of aliphatic hydroxyl groups excluding tert-OH is 1. The van der Waals surface area contributed by atoms with Crippen molar-refractivity contribution in [2.75, 3.05) is 26.4 Å². The summed E-state index contributed by atoms with van der Waals surface area (Å²) in [6.45, 7) is 8.91. The van der Waals surface area contributed by atoms with E-state index in [1.165, 1.54) is 6.42 Å². The second-order valence-electron chi connectivity index (χ2n) is 6.04. The summed E-state index contributed by atoms with van der Waals surface area (Å²) in [5.74, 6) is 0.733. The monoisotopic (exact) mass is 293 g/mol. The predicted molar refractivity (Wildman–Crippen MR) is 88.4 cm³/mol. The zero-order valence-electron chi connectivity index (χ0n) is 13.8. The lowest BCUT2D eigenvalue weighted by atomic mass is 9.87. The van der Waals surface area contributed by atoms with E-state index in [4.69, 9.17) is 4.74 Å². The molecule has 0 saturated heterocycles. The van der Waals surface area contributed by atoms with Crippen LogP contribution in [0.2, 0.25) is 0 Å². The summed E-state index contributed by atoms with van der Waals surface area (Å²) in [5.41, 5.74) is 0.730. The van der Waals surface area contributed by atoms with E-state index in [2.05, 4.69) is 38.2 Å². The van der Waals surface area contributed by atoms with E-state index in [-0.39, 0.29) is 6.61 Å². The number of aliphatic hydroxyl groups is 1. The van der Waals surface area contributed by atoms with Gasteiger partial charge in [0, 0.05) is 13.2 Å². The van der Waals surface area contributed by atoms with Crippen LogP contribution in [0.3, 0.4) is 0 Å². The Kier molecular flexibility index (Phi) is 8.58. The van der Waals surface area contributed by atoms with Crippen LogP contribution in [0.4, 0.5) is 0 Å². The molecule has 0 spiro atoms. The lowest BCUT2D eigenvalue weighted by Gasteiger charge is -2.33. The van der Waals surface area contributed by atoms with E-state index < -0.39 is 5.54 Å². The van der Waals surface area contributed by atoms with E-state index in [0.29, 0.717) is 6.61 Å². The molecule has 0 fully saturated rings. The number of likely N-dealkylation sites (N-methyl/N-ethyl adjacent to an activating group) is 1. The van der Waals surface area contributed by atoms with Crippen molar-refractivity contribution >= 4 is 0 Å². The summed E-state index contributed by atoms with van der Waals surface area (Å²) in [7, 11) is 0. The summed E-state index contributed by atoms with van der Waals surface area (Å²) in [6, 6.07) is 10.2. The van der Waals surface area contributed by atoms with Crippen molar-refractivity contribution in [2.45, 2.75) is 45.6 Å². The second kappa shape index (κ2) is 9.93. The van der Waals surface area contributed by atoms with Crippen LogP contribution in [0, 0.1) is 5.92 Å². The molecule has 0 bridgehead atoms. The second-order valence-corrected chi connectivity index (χ2v) is 6.04. The molecule has 1 aromatic rings. The topological polar surface area (TPSA) is 41.5 Å². The molecule has 0 radical (unpaired) electrons. The van der Waals surface area contributed by atoms with E-state index in [9.17, 15) is 5.11 Å². The Labute approximate surface area is 129 Å². The average Bonchev–Trinajstić information content (AvgIpc) is 2.50. The fourth-order valence-corrected chi connectivity index (χ4v) is 2.60. The van der Waals surface area contributed by atoms with Gasteiger partial charge in [0.2, 0.25) is 0 Å². The highest BCUT2D eigenvalue weighted by atomic mass is 16.5. The van der Waals surface area contributed by atoms with Crippen molar-refractivity contribution < 1.29 is 9.84 Å². The summed E-state index contributed by atoms with van der Waals surface area (Å²) in [5, 5.41) is 13.4. The molecule has 3 heteroatoms. The number of ether oxygens (including phenoxy) is 1. The molecule has 1 unspecified atom stereocenters. The molecule has 0 saturated carbocycles. The highest BCUT2D eigenvalue weighted by Crippen LogP contribution is 2.24. The number of nitrogens with one attached hydrogen (secondary N) is 1. The molecule has 2 N–H and O–H groups in total. The summed E-state index contributed by atoms with van der Waals surface area (Å²) in [6.07, 6.45) is 3.09. The fourth-order valence-electron chi connectivity index (χ4n) is 2.60. The minimum absolute atomic E-state index is 0.0835. The SMILES string of the molecule is CCNC(CO)(CCOCCCC(C)C)c1ccccc1. The standard InChI is InChI=1S/C18H31NO2/c1-4-19-18(15-20,17-10-6-5-7-11-17)12-14-21-13-8-9-16(2)3/h5-7,10-11,16,19-20H,4,8-9,12-15H2,1-3H3. The first-order chi connectivity index (χ1) is 10.1. The molecule has 1 aromatic carbocycles. The zero-order chi connectivity index (χ0) is 15.6. The first-order valence-electron chi connectivity index (χ1n) is 8.13. The van der Waals surface area contributed by atoms with Crippen LogP contribution in [0.25, 0.3) is 0 Å². The van der Waals surface area contributed by atoms with Crippen molar-refractivity contribution in [1.29, 1.82) is 0 Å². The molecule has 0 amide bonds. The zero-order valence-corrected chi connectivity index (χ0v) is 13.8. The highest BCUT2D eigenvalue weighted by Gasteiger charge is 2.30. The molecule has 0 aromatic heterocycles. The van der Waals surface area contributed by atoms with Gasteiger partial charge in [-0.2, -0.15) is 0 Å². The van der Waals surface area contributed by atoms with E-state index >= 15 is 0 Å². The molecule has 0 aliphatic rings. The molecule has 21 heavy (non-hydrogen) atoms. The highest BCUT2D eigenvalue weighted by molar-refractivity contribution is 5.24. The third kappa shape index (κ3) is 6.16. The molecule has 1 rings (SSSR count). The van der Waals surface area contributed by atoms with Gasteiger partial charge in [-0.25, -0.2) is 0 Å². The maximum Gasteiger partial charge on any atom is 0.0691 e. The maximum atomic E-state index is 9.92. The van der Waals surface area contributed by atoms with Gasteiger partial charge in [-0.15, -0.1) is 0 Å². The average molecular weight is 293 g/mol. The molecule has 3 nitrogen and oxygen atoms in total. The van der Waals surface area contributed by atoms with Crippen molar-refractivity contribution in [3.8, 4) is 0 Å². The van der Waals surface area contributed by atoms with Gasteiger partial charge in [0.25, 0.3) is 0 Å². The van der Waals surface area contributed by atoms with E-state index in [1.54, 1.807) is 0 Å². The van der Waals surface area contributed by atoms with Gasteiger partial charge in [-0.05, 0) is 37.3 Å². The van der Waals surface area contributed by atoms with Crippen LogP contribution in [0.1, 0.15) is 45.6 Å². The summed E-state index contributed by atoms with van der Waals surface area (Å²) in [4.78, 5) is 0. The van der Waals surface area contributed by atoms with Crippen LogP contribution in [-0.2, 0) is 10.3 Å². The van der Waals surface area contributed by atoms with E-state index in [1.807, 2.05) is 18.2 Å². The molecule has 0 heterocycles. The Morgan fingerprint density at radius 2 is 1.90 bits per heavy atom. The van der Waals surface area contributed by atoms with Crippen LogP contribution < -0.4 is 5.32 Å². The van der Waals surface area contributed by atoms with Gasteiger partial charge in [-0.3, -0.25) is 0 Å². The van der Waals surface area contributed by atoms with E-state index in [0.717, 1.165) is 37.5 Å². The van der Waals surface area contributed by atoms with Crippen LogP contribution in [-0.4, -0.2) is 31.5 Å². The van der Waals surface area contributed by atoms with Gasteiger partial charge < -0.3 is 15.2 Å². The Bertz CT molecular complexity index is 367. The largest absolute Gasteiger partial charge is 0.394 e. The van der Waals surface area contributed by atoms with Gasteiger partial charge in [0.1, 0.15) is 0 Å². The van der Waals surface area contributed by atoms with Gasteiger partial charge in [-0.1, -0.05) is 51.1 Å². The molecule has 0 aliphatic carbocycles. The van der Waals surface area contributed by atoms with Gasteiger partial charge >= 0.3 is 0 Å². The number of benzene rings is 1. The number of hydrogen-bond acceptors (Lipinski definition) is 3. The van der Waals surface area contributed by atoms with Crippen LogP contribution >= 0.6 is 0 Å². The Morgan fingerprint density at radius 1 is 1.19 bits per heavy atom. The summed E-state index contributed by atoms with van der Waals surface area (Å²) < 4.78 is 5.76. The third-order valence-corrected chi connectivity index (χ3v) is 3.85. The minimum atomic E-state index is -0.395. The lowest BCUT2D eigenvalue weighted by molar-refractivity contribution is 0.0767. The van der Waals surface area contributed by atoms with Crippen LogP contribution in [0.15, 0.2) is 30.3 Å². The summed E-state index contributed by atoms with van der Waals surface area (Å²) >= 11 is 0. The fraction of sp³-hybridized carbons (Fsp3) is 0.667. The van der Waals surface area contributed by atoms with Crippen LogP contribution in [0.5, 0.6) is 0 Å². The Balaban J connectivity index is 2.51. The smallest absolute Gasteiger partial charge is 0.0691 e. The minimum Gasteiger partial charge on any atom is -0.394 e. The Morgan fingerprint density at radius 3 is 2.48 bits per heavy atom. The molecule has 120 valence electrons. The van der Waals surface area contributed by atoms with Crippen molar-refractivity contribution in [2.24, 2.45) is 5.92 Å².